The van der Waals surface area contributed by atoms with E-state index in [1.165, 1.54) is 18.5 Å². The van der Waals surface area contributed by atoms with Crippen LogP contribution < -0.4 is 0 Å². The van der Waals surface area contributed by atoms with Crippen LogP contribution in [-0.2, 0) is 4.79 Å². The van der Waals surface area contributed by atoms with Crippen molar-refractivity contribution in [2.45, 2.75) is 0 Å². The first-order valence-corrected chi connectivity index (χ1v) is 2.38. The number of allylic oxidation sites excluding steroid dienone is 2. The molecule has 0 bridgehead atoms. The molecular formula is C6H4N2O. The van der Waals surface area contributed by atoms with Gasteiger partial charge in [0.05, 0.1) is 5.71 Å². The Morgan fingerprint density at radius 1 is 1.67 bits per heavy atom. The maximum Gasteiger partial charge on any atom is 0.136 e. The minimum atomic E-state index is 0.167. The predicted octanol–water partition coefficient (Wildman–Crippen LogP) is 0.362. The van der Waals surface area contributed by atoms with E-state index < -0.39 is 0 Å². The van der Waals surface area contributed by atoms with Gasteiger partial charge in [0.2, 0.25) is 0 Å². The van der Waals surface area contributed by atoms with Crippen molar-refractivity contribution in [2.24, 2.45) is 4.99 Å². The molecule has 3 nitrogen and oxygen atoms in total. The molecule has 0 radical (unpaired) electrons. The van der Waals surface area contributed by atoms with Gasteiger partial charge in [0.1, 0.15) is 11.5 Å². The summed E-state index contributed by atoms with van der Waals surface area (Å²) in [5, 5.41) is 7.07. The van der Waals surface area contributed by atoms with Crippen LogP contribution in [0.2, 0.25) is 0 Å². The Bertz CT molecular complexity index is 244. The highest BCUT2D eigenvalue weighted by atomic mass is 16.1. The molecule has 0 atom stereocenters. The van der Waals surface area contributed by atoms with Crippen LogP contribution in [0.5, 0.6) is 0 Å². The largest absolute Gasteiger partial charge is 0.299 e. The van der Waals surface area contributed by atoms with Gasteiger partial charge in [-0.05, 0) is 6.08 Å². The van der Waals surface area contributed by atoms with Gasteiger partial charge < -0.3 is 0 Å². The third-order valence-corrected chi connectivity index (χ3v) is 0.931. The highest BCUT2D eigenvalue weighted by Gasteiger charge is 2.01. The summed E-state index contributed by atoms with van der Waals surface area (Å²) in [6.45, 7) is 0. The van der Waals surface area contributed by atoms with E-state index in [4.69, 9.17) is 5.41 Å². The van der Waals surface area contributed by atoms with Crippen LogP contribution in [-0.4, -0.2) is 17.9 Å². The minimum absolute atomic E-state index is 0.167. The highest BCUT2D eigenvalue weighted by molar-refractivity contribution is 6.26. The van der Waals surface area contributed by atoms with E-state index in [-0.39, 0.29) is 11.3 Å². The fourth-order valence-corrected chi connectivity index (χ4v) is 0.476. The molecule has 0 aromatic carbocycles. The fourth-order valence-electron chi connectivity index (χ4n) is 0.476. The summed E-state index contributed by atoms with van der Waals surface area (Å²) in [6.07, 6.45) is 4.22. The zero-order chi connectivity index (χ0) is 6.69. The molecule has 44 valence electrons. The third-order valence-electron chi connectivity index (χ3n) is 0.931. The molecule has 0 aromatic heterocycles. The van der Waals surface area contributed by atoms with Gasteiger partial charge in [-0.15, -0.1) is 0 Å². The molecule has 0 amide bonds. The molecule has 1 rings (SSSR count). The van der Waals surface area contributed by atoms with Crippen molar-refractivity contribution in [2.75, 3.05) is 0 Å². The zero-order valence-electron chi connectivity index (χ0n) is 4.59. The van der Waals surface area contributed by atoms with Gasteiger partial charge in [0.25, 0.3) is 0 Å². The van der Waals surface area contributed by atoms with E-state index in [9.17, 15) is 4.79 Å². The number of hydrogen-bond acceptors (Lipinski definition) is 3. The lowest BCUT2D eigenvalue weighted by Crippen LogP contribution is -2.02. The fraction of sp³-hybridized carbons (Fsp3) is 0. The molecular weight excluding hydrogens is 116 g/mol. The van der Waals surface area contributed by atoms with Crippen LogP contribution in [0.4, 0.5) is 0 Å². The molecule has 0 fully saturated rings. The number of aliphatic imine (C=N–C) groups is 1. The van der Waals surface area contributed by atoms with Crippen molar-refractivity contribution in [3.63, 3.8) is 0 Å². The number of nitrogens with zero attached hydrogens (tertiary/aromatic N) is 1. The predicted molar refractivity (Wildman–Crippen MR) is 34.6 cm³/mol. The van der Waals surface area contributed by atoms with Crippen molar-refractivity contribution in [1.82, 2.24) is 0 Å². The maximum atomic E-state index is 9.94. The molecule has 1 aliphatic heterocycles. The topological polar surface area (TPSA) is 53.3 Å². The first kappa shape index (κ1) is 5.66. The lowest BCUT2D eigenvalue weighted by molar-refractivity contribution is 0.568. The number of carbonyl (C=O) groups excluding carboxylic acids is 1. The number of rotatable bonds is 0. The molecule has 0 saturated carbocycles. The Kier molecular flexibility index (Phi) is 1.38. The standard InChI is InChI=1S/C6H4N2O/c7-6-1-2-8-3-5(6)4-9/h1-3,7H. The second kappa shape index (κ2) is 2.20. The quantitative estimate of drug-likeness (QED) is 0.461. The second-order valence-electron chi connectivity index (χ2n) is 1.52. The van der Waals surface area contributed by atoms with Gasteiger partial charge in [-0.25, -0.2) is 4.79 Å². The van der Waals surface area contributed by atoms with Crippen LogP contribution in [0, 0.1) is 5.41 Å². The van der Waals surface area contributed by atoms with E-state index in [1.807, 2.05) is 0 Å². The number of hydrogen-bond donors (Lipinski definition) is 1. The Hall–Kier alpha value is -1.47. The Balaban J connectivity index is 3.04. The van der Waals surface area contributed by atoms with E-state index in [1.54, 1.807) is 5.94 Å². The van der Waals surface area contributed by atoms with E-state index in [0.717, 1.165) is 0 Å². The summed E-state index contributed by atoms with van der Waals surface area (Å²) in [4.78, 5) is 13.6. The van der Waals surface area contributed by atoms with Crippen LogP contribution in [0.3, 0.4) is 0 Å². The molecule has 1 aliphatic rings. The highest BCUT2D eigenvalue weighted by Crippen LogP contribution is 1.95. The SMILES string of the molecule is N=C1C=CN=CC1=C=O. The smallest absolute Gasteiger partial charge is 0.136 e. The van der Waals surface area contributed by atoms with Crippen molar-refractivity contribution >= 4 is 17.9 Å². The van der Waals surface area contributed by atoms with Gasteiger partial charge in [0.15, 0.2) is 0 Å². The first-order valence-electron chi connectivity index (χ1n) is 2.38. The van der Waals surface area contributed by atoms with Crippen LogP contribution in [0.25, 0.3) is 0 Å². The van der Waals surface area contributed by atoms with Gasteiger partial charge in [-0.1, -0.05) is 0 Å². The molecule has 0 spiro atoms. The molecule has 0 aromatic rings. The van der Waals surface area contributed by atoms with Gasteiger partial charge >= 0.3 is 0 Å². The van der Waals surface area contributed by atoms with Crippen LogP contribution in [0.1, 0.15) is 0 Å². The summed E-state index contributed by atoms with van der Waals surface area (Å²) in [6, 6.07) is 0. The lowest BCUT2D eigenvalue weighted by Gasteiger charge is -1.94. The molecule has 9 heavy (non-hydrogen) atoms. The molecule has 0 unspecified atom stereocenters. The second-order valence-corrected chi connectivity index (χ2v) is 1.52. The molecule has 1 heterocycles. The van der Waals surface area contributed by atoms with Crippen molar-refractivity contribution < 1.29 is 4.79 Å². The summed E-state index contributed by atoms with van der Waals surface area (Å²) in [7, 11) is 0. The van der Waals surface area contributed by atoms with Crippen molar-refractivity contribution in [3.8, 4) is 0 Å². The average molecular weight is 120 g/mol. The van der Waals surface area contributed by atoms with Gasteiger partial charge in [-0.3, -0.25) is 10.4 Å². The van der Waals surface area contributed by atoms with Gasteiger partial charge in [-0.2, -0.15) is 0 Å². The molecule has 3 heteroatoms. The van der Waals surface area contributed by atoms with Crippen LogP contribution >= 0.6 is 0 Å². The zero-order valence-corrected chi connectivity index (χ0v) is 4.59. The summed E-state index contributed by atoms with van der Waals surface area (Å²) >= 11 is 0. The molecule has 1 N–H and O–H groups in total. The Morgan fingerprint density at radius 3 is 2.89 bits per heavy atom. The molecule has 0 aliphatic carbocycles. The maximum absolute atomic E-state index is 9.94. The summed E-state index contributed by atoms with van der Waals surface area (Å²) < 4.78 is 0. The van der Waals surface area contributed by atoms with Crippen LogP contribution in [0.15, 0.2) is 22.8 Å². The van der Waals surface area contributed by atoms with Crippen molar-refractivity contribution in [1.29, 1.82) is 5.41 Å². The lowest BCUT2D eigenvalue weighted by atomic mass is 10.2. The average Bonchev–Trinajstić information content (AvgIpc) is 1.89. The Morgan fingerprint density at radius 2 is 2.44 bits per heavy atom. The summed E-state index contributed by atoms with van der Waals surface area (Å²) in [5.41, 5.74) is 0.373. The van der Waals surface area contributed by atoms with Gasteiger partial charge in [0, 0.05) is 12.4 Å². The van der Waals surface area contributed by atoms with E-state index in [2.05, 4.69) is 4.99 Å². The summed E-state index contributed by atoms with van der Waals surface area (Å²) in [5.74, 6) is 1.60. The first-order chi connectivity index (χ1) is 4.34. The van der Waals surface area contributed by atoms with E-state index in [0.29, 0.717) is 0 Å². The Labute approximate surface area is 51.9 Å². The van der Waals surface area contributed by atoms with Crippen molar-refractivity contribution in [3.05, 3.63) is 17.8 Å². The monoisotopic (exact) mass is 120 g/mol. The molecule has 0 saturated heterocycles. The van der Waals surface area contributed by atoms with E-state index >= 15 is 0 Å². The minimum Gasteiger partial charge on any atom is -0.299 e. The third kappa shape index (κ3) is 1.01. The normalized spacial score (nSPS) is 16.0. The number of nitrogens with one attached hydrogen (secondary N) is 1.